The third kappa shape index (κ3) is 5.22. The molecule has 206 valence electrons. The van der Waals surface area contributed by atoms with Gasteiger partial charge < -0.3 is 14.5 Å². The number of carbonyl (C=O) groups is 4. The molecule has 1 aromatic heterocycles. The van der Waals surface area contributed by atoms with Crippen LogP contribution in [0.15, 0.2) is 18.3 Å². The molecule has 4 heterocycles. The van der Waals surface area contributed by atoms with Gasteiger partial charge in [0.2, 0.25) is 11.8 Å². The van der Waals surface area contributed by atoms with E-state index in [4.69, 9.17) is 4.74 Å². The highest BCUT2D eigenvalue weighted by atomic mass is 16.6. The summed E-state index contributed by atoms with van der Waals surface area (Å²) in [6, 6.07) is 3.37. The molecule has 1 aliphatic carbocycles. The molecule has 4 aliphatic rings. The molecular weight excluding hydrogens is 486 g/mol. The van der Waals surface area contributed by atoms with Crippen molar-refractivity contribution in [2.24, 2.45) is 23.2 Å². The number of nitrogens with one attached hydrogen (secondary N) is 1. The minimum atomic E-state index is -0.547. The molecule has 2 atom stereocenters. The summed E-state index contributed by atoms with van der Waals surface area (Å²) in [6.07, 6.45) is 5.26. The lowest BCUT2D eigenvalue weighted by Crippen LogP contribution is -2.53. The number of likely N-dealkylation sites (tertiary alicyclic amines) is 1. The summed E-state index contributed by atoms with van der Waals surface area (Å²) in [4.78, 5) is 60.4. The van der Waals surface area contributed by atoms with Crippen LogP contribution in [0.25, 0.3) is 0 Å². The number of fused-ring (bicyclic) bond motifs is 2. The first-order chi connectivity index (χ1) is 17.9. The zero-order valence-electron chi connectivity index (χ0n) is 22.9. The molecule has 1 aromatic rings. The number of esters is 1. The van der Waals surface area contributed by atoms with E-state index in [9.17, 15) is 19.2 Å². The monoisotopic (exact) mass is 525 g/mol. The molecule has 10 nitrogen and oxygen atoms in total. The first-order valence-electron chi connectivity index (χ1n) is 13.8. The molecule has 2 bridgehead atoms. The summed E-state index contributed by atoms with van der Waals surface area (Å²) < 4.78 is 5.65. The second kappa shape index (κ2) is 9.85. The number of urea groups is 1. The van der Waals surface area contributed by atoms with Gasteiger partial charge in [-0.3, -0.25) is 24.6 Å². The maximum Gasteiger partial charge on any atom is 0.328 e. The van der Waals surface area contributed by atoms with Crippen LogP contribution in [0.4, 0.5) is 16.3 Å². The Bertz CT molecular complexity index is 1090. The Kier molecular flexibility index (Phi) is 6.86. The van der Waals surface area contributed by atoms with E-state index >= 15 is 0 Å². The van der Waals surface area contributed by atoms with Crippen molar-refractivity contribution in [2.45, 2.75) is 65.4 Å². The van der Waals surface area contributed by atoms with Crippen molar-refractivity contribution in [2.75, 3.05) is 42.5 Å². The van der Waals surface area contributed by atoms with Crippen LogP contribution in [0.2, 0.25) is 0 Å². The number of imide groups is 1. The number of hydrogen-bond donors (Lipinski definition) is 1. The van der Waals surface area contributed by atoms with Crippen LogP contribution in [-0.2, 0) is 19.1 Å². The molecule has 1 saturated carbocycles. The molecular formula is C28H39N5O5. The number of carbonyl (C=O) groups excluding carboxylic acids is 4. The lowest BCUT2D eigenvalue weighted by atomic mass is 9.78. The number of amides is 4. The van der Waals surface area contributed by atoms with Gasteiger partial charge in [-0.05, 0) is 77.3 Å². The van der Waals surface area contributed by atoms with Crippen molar-refractivity contribution in [1.29, 1.82) is 0 Å². The Hall–Kier alpha value is -3.17. The first kappa shape index (κ1) is 26.4. The Balaban J connectivity index is 1.18. The third-order valence-electron chi connectivity index (χ3n) is 8.61. The van der Waals surface area contributed by atoms with Crippen molar-refractivity contribution in [3.63, 3.8) is 0 Å². The van der Waals surface area contributed by atoms with Crippen molar-refractivity contribution < 1.29 is 23.9 Å². The molecule has 38 heavy (non-hydrogen) atoms. The van der Waals surface area contributed by atoms with E-state index < -0.39 is 17.0 Å². The van der Waals surface area contributed by atoms with Crippen LogP contribution in [0.3, 0.4) is 0 Å². The van der Waals surface area contributed by atoms with E-state index in [-0.39, 0.29) is 42.0 Å². The number of hydrogen-bond acceptors (Lipinski definition) is 7. The number of ether oxygens (including phenoxy) is 1. The minimum Gasteiger partial charge on any atom is -0.460 e. The molecule has 4 fully saturated rings. The zero-order chi connectivity index (χ0) is 27.2. The van der Waals surface area contributed by atoms with Crippen molar-refractivity contribution in [1.82, 2.24) is 15.2 Å². The van der Waals surface area contributed by atoms with Gasteiger partial charge in [-0.2, -0.15) is 0 Å². The van der Waals surface area contributed by atoms with Crippen LogP contribution >= 0.6 is 0 Å². The molecule has 4 amide bonds. The SMILES string of the molecule is CC(C)(C)OC(=O)C1(C)CCN(C(=O)C2C3CCC2CN(c2ccc(N4CCC(=O)NC4=O)cn2)C3)CC1. The Morgan fingerprint density at radius 3 is 2.26 bits per heavy atom. The molecule has 5 rings (SSSR count). The Labute approximate surface area is 224 Å². The van der Waals surface area contributed by atoms with Gasteiger partial charge in [0.1, 0.15) is 11.4 Å². The summed E-state index contributed by atoms with van der Waals surface area (Å²) >= 11 is 0. The minimum absolute atomic E-state index is 0.0194. The summed E-state index contributed by atoms with van der Waals surface area (Å²) in [5.41, 5.74) is -0.401. The van der Waals surface area contributed by atoms with Crippen molar-refractivity contribution in [3.8, 4) is 0 Å². The zero-order valence-corrected chi connectivity index (χ0v) is 22.9. The van der Waals surface area contributed by atoms with E-state index in [2.05, 4.69) is 15.2 Å². The molecule has 0 radical (unpaired) electrons. The van der Waals surface area contributed by atoms with Gasteiger partial charge in [0.25, 0.3) is 0 Å². The predicted octanol–water partition coefficient (Wildman–Crippen LogP) is 2.96. The van der Waals surface area contributed by atoms with Gasteiger partial charge in [0.05, 0.1) is 17.3 Å². The highest BCUT2D eigenvalue weighted by Gasteiger charge is 2.49. The van der Waals surface area contributed by atoms with Crippen LogP contribution in [0, 0.1) is 23.2 Å². The van der Waals surface area contributed by atoms with E-state index in [0.717, 1.165) is 31.7 Å². The van der Waals surface area contributed by atoms with Gasteiger partial charge >= 0.3 is 12.0 Å². The topological polar surface area (TPSA) is 112 Å². The number of pyridine rings is 1. The summed E-state index contributed by atoms with van der Waals surface area (Å²) in [5.74, 6) is 1.23. The fourth-order valence-electron chi connectivity index (χ4n) is 6.39. The van der Waals surface area contributed by atoms with Crippen molar-refractivity contribution >= 4 is 35.3 Å². The molecule has 1 N–H and O–H groups in total. The normalized spacial score (nSPS) is 27.3. The average molecular weight is 526 g/mol. The third-order valence-corrected chi connectivity index (χ3v) is 8.61. The second-order valence-corrected chi connectivity index (χ2v) is 12.5. The smallest absolute Gasteiger partial charge is 0.328 e. The Morgan fingerprint density at radius 1 is 1.05 bits per heavy atom. The number of aromatic nitrogens is 1. The van der Waals surface area contributed by atoms with Gasteiger partial charge in [-0.15, -0.1) is 0 Å². The van der Waals surface area contributed by atoms with Crippen molar-refractivity contribution in [3.05, 3.63) is 18.3 Å². The molecule has 0 aromatic carbocycles. The maximum absolute atomic E-state index is 13.6. The summed E-state index contributed by atoms with van der Waals surface area (Å²) in [6.45, 7) is 10.7. The predicted molar refractivity (Wildman–Crippen MR) is 141 cm³/mol. The van der Waals surface area contributed by atoms with E-state index in [0.29, 0.717) is 38.2 Å². The number of nitrogens with zero attached hydrogens (tertiary/aromatic N) is 4. The molecule has 2 unspecified atom stereocenters. The van der Waals surface area contributed by atoms with E-state index in [1.807, 2.05) is 44.7 Å². The lowest BCUT2D eigenvalue weighted by Gasteiger charge is -2.43. The highest BCUT2D eigenvalue weighted by molar-refractivity contribution is 6.05. The van der Waals surface area contributed by atoms with E-state index in [1.54, 1.807) is 6.20 Å². The fourth-order valence-corrected chi connectivity index (χ4v) is 6.39. The quantitative estimate of drug-likeness (QED) is 0.602. The Morgan fingerprint density at radius 2 is 1.71 bits per heavy atom. The molecule has 0 spiro atoms. The van der Waals surface area contributed by atoms with Gasteiger partial charge in [-0.25, -0.2) is 9.78 Å². The number of piperidine rings is 2. The molecule has 3 aliphatic heterocycles. The fraction of sp³-hybridized carbons (Fsp3) is 0.679. The van der Waals surface area contributed by atoms with Crippen LogP contribution in [-0.4, -0.2) is 72.0 Å². The standard InChI is InChI=1S/C28H39N5O5/c1-27(2,3)38-25(36)28(4)10-13-31(14-11-28)24(35)23-18-5-6-19(23)17-32(16-18)21-8-7-20(15-29-21)33-12-9-22(34)30-26(33)37/h7-8,15,18-19,23H,5-6,9-14,16-17H2,1-4H3,(H,30,34,37). The second-order valence-electron chi connectivity index (χ2n) is 12.5. The van der Waals surface area contributed by atoms with E-state index in [1.165, 1.54) is 4.90 Å². The van der Waals surface area contributed by atoms with Gasteiger partial charge in [0.15, 0.2) is 0 Å². The van der Waals surface area contributed by atoms with Crippen LogP contribution in [0.5, 0.6) is 0 Å². The lowest BCUT2D eigenvalue weighted by molar-refractivity contribution is -0.171. The maximum atomic E-state index is 13.6. The molecule has 10 heteroatoms. The van der Waals surface area contributed by atoms with Crippen LogP contribution in [0.1, 0.15) is 59.8 Å². The largest absolute Gasteiger partial charge is 0.460 e. The van der Waals surface area contributed by atoms with Gasteiger partial charge in [0, 0.05) is 45.1 Å². The first-order valence-corrected chi connectivity index (χ1v) is 13.8. The molecule has 3 saturated heterocycles. The summed E-state index contributed by atoms with van der Waals surface area (Å²) in [7, 11) is 0. The van der Waals surface area contributed by atoms with Crippen LogP contribution < -0.4 is 15.1 Å². The average Bonchev–Trinajstić information content (AvgIpc) is 3.12. The number of anilines is 2. The van der Waals surface area contributed by atoms with Gasteiger partial charge in [-0.1, -0.05) is 0 Å². The number of rotatable bonds is 4. The highest BCUT2D eigenvalue weighted by Crippen LogP contribution is 2.45. The summed E-state index contributed by atoms with van der Waals surface area (Å²) in [5, 5.41) is 2.34.